The topological polar surface area (TPSA) is 88.4 Å². The van der Waals surface area contributed by atoms with Gasteiger partial charge in [-0.05, 0) is 76.8 Å². The summed E-state index contributed by atoms with van der Waals surface area (Å²) in [5, 5.41) is 0. The molecule has 10 heteroatoms. The molecule has 0 unspecified atom stereocenters. The molecule has 1 aromatic heterocycles. The number of hydrogen-bond donors (Lipinski definition) is 0. The van der Waals surface area contributed by atoms with Gasteiger partial charge in [0.1, 0.15) is 12.4 Å². The molecular weight excluding hydrogens is 620 g/mol. The van der Waals surface area contributed by atoms with E-state index in [1.165, 1.54) is 11.3 Å². The van der Waals surface area contributed by atoms with Crippen LogP contribution in [0, 0.1) is 0 Å². The molecule has 1 atom stereocenters. The van der Waals surface area contributed by atoms with Crippen LogP contribution >= 0.6 is 27.3 Å². The van der Waals surface area contributed by atoms with Crippen molar-refractivity contribution < 1.29 is 23.7 Å². The molecule has 0 radical (unpaired) electrons. The Kier molecular flexibility index (Phi) is 8.94. The van der Waals surface area contributed by atoms with Crippen LogP contribution in [-0.2, 0) is 16.1 Å². The van der Waals surface area contributed by atoms with Crippen molar-refractivity contribution >= 4 is 39.3 Å². The summed E-state index contributed by atoms with van der Waals surface area (Å²) in [5.74, 6) is 1.27. The van der Waals surface area contributed by atoms with Crippen LogP contribution in [0.1, 0.15) is 36.6 Å². The number of methoxy groups -OCH3 is 2. The van der Waals surface area contributed by atoms with Crippen molar-refractivity contribution in [2.24, 2.45) is 4.99 Å². The quantitative estimate of drug-likeness (QED) is 0.233. The van der Waals surface area contributed by atoms with E-state index in [0.29, 0.717) is 54.5 Å². The second-order valence-electron chi connectivity index (χ2n) is 9.38. The van der Waals surface area contributed by atoms with E-state index in [2.05, 4.69) is 20.9 Å². The van der Waals surface area contributed by atoms with Crippen LogP contribution in [0.3, 0.4) is 0 Å². The highest BCUT2D eigenvalue weighted by Gasteiger charge is 2.33. The van der Waals surface area contributed by atoms with Crippen LogP contribution in [0.4, 0.5) is 0 Å². The summed E-state index contributed by atoms with van der Waals surface area (Å²) in [4.78, 5) is 32.2. The molecule has 4 aromatic rings. The van der Waals surface area contributed by atoms with Gasteiger partial charge in [-0.25, -0.2) is 9.79 Å². The molecule has 0 bridgehead atoms. The number of esters is 1. The van der Waals surface area contributed by atoms with E-state index in [1.807, 2.05) is 60.7 Å². The number of ether oxygens (including phenoxy) is 4. The van der Waals surface area contributed by atoms with Gasteiger partial charge in [-0.2, -0.15) is 0 Å². The molecule has 8 nitrogen and oxygen atoms in total. The fourth-order valence-electron chi connectivity index (χ4n) is 4.74. The number of carbonyl (C=O) groups is 1. The summed E-state index contributed by atoms with van der Waals surface area (Å²) in [6.07, 6.45) is 1.79. The van der Waals surface area contributed by atoms with Gasteiger partial charge in [0, 0.05) is 0 Å². The number of fused-ring (bicyclic) bond motifs is 1. The Morgan fingerprint density at radius 2 is 1.76 bits per heavy atom. The minimum atomic E-state index is -0.729. The normalized spacial score (nSPS) is 14.7. The number of allylic oxidation sites excluding steroid dienone is 1. The zero-order valence-electron chi connectivity index (χ0n) is 23.5. The monoisotopic (exact) mass is 648 g/mol. The molecule has 0 saturated carbocycles. The van der Waals surface area contributed by atoms with Gasteiger partial charge in [0.05, 0.1) is 47.1 Å². The van der Waals surface area contributed by atoms with Gasteiger partial charge in [0.15, 0.2) is 16.3 Å². The van der Waals surface area contributed by atoms with Crippen molar-refractivity contribution in [2.45, 2.75) is 26.5 Å². The van der Waals surface area contributed by atoms with E-state index >= 15 is 0 Å². The largest absolute Gasteiger partial charge is 0.496 e. The molecule has 0 saturated heterocycles. The van der Waals surface area contributed by atoms with Crippen molar-refractivity contribution in [2.75, 3.05) is 20.8 Å². The molecule has 0 fully saturated rings. The lowest BCUT2D eigenvalue weighted by molar-refractivity contribution is -0.139. The lowest BCUT2D eigenvalue weighted by Crippen LogP contribution is -2.39. The van der Waals surface area contributed by atoms with E-state index < -0.39 is 12.0 Å². The molecule has 42 heavy (non-hydrogen) atoms. The number of hydrogen-bond acceptors (Lipinski definition) is 8. The number of aromatic nitrogens is 1. The van der Waals surface area contributed by atoms with E-state index in [9.17, 15) is 9.59 Å². The summed E-state index contributed by atoms with van der Waals surface area (Å²) >= 11 is 4.79. The van der Waals surface area contributed by atoms with Crippen LogP contribution < -0.4 is 29.1 Å². The first-order valence-electron chi connectivity index (χ1n) is 13.2. The zero-order valence-corrected chi connectivity index (χ0v) is 26.0. The number of halogens is 1. The molecule has 2 heterocycles. The maximum atomic E-state index is 13.9. The van der Waals surface area contributed by atoms with Crippen molar-refractivity contribution in [1.82, 2.24) is 4.57 Å². The molecule has 3 aromatic carbocycles. The summed E-state index contributed by atoms with van der Waals surface area (Å²) in [6, 6.07) is 20.1. The molecular formula is C32H29BrN2O6S. The number of nitrogens with zero attached hydrogens (tertiary/aromatic N) is 2. The van der Waals surface area contributed by atoms with Gasteiger partial charge in [-0.1, -0.05) is 53.8 Å². The highest BCUT2D eigenvalue weighted by Crippen LogP contribution is 2.35. The van der Waals surface area contributed by atoms with Crippen molar-refractivity contribution in [3.05, 3.63) is 119 Å². The molecule has 1 aliphatic rings. The van der Waals surface area contributed by atoms with Crippen molar-refractivity contribution in [1.29, 1.82) is 0 Å². The zero-order chi connectivity index (χ0) is 29.8. The maximum Gasteiger partial charge on any atom is 0.338 e. The number of rotatable bonds is 9. The van der Waals surface area contributed by atoms with Gasteiger partial charge in [-0.3, -0.25) is 9.36 Å². The minimum Gasteiger partial charge on any atom is -0.496 e. The third-order valence-corrected chi connectivity index (χ3v) is 8.33. The smallest absolute Gasteiger partial charge is 0.338 e. The van der Waals surface area contributed by atoms with Gasteiger partial charge >= 0.3 is 5.97 Å². The van der Waals surface area contributed by atoms with E-state index in [0.717, 1.165) is 11.1 Å². The first-order chi connectivity index (χ1) is 20.3. The highest BCUT2D eigenvalue weighted by atomic mass is 79.9. The van der Waals surface area contributed by atoms with Gasteiger partial charge in [0.25, 0.3) is 5.56 Å². The predicted octanol–water partition coefficient (Wildman–Crippen LogP) is 5.16. The Morgan fingerprint density at radius 3 is 2.45 bits per heavy atom. The Balaban J connectivity index is 1.57. The number of benzene rings is 3. The lowest BCUT2D eigenvalue weighted by atomic mass is 9.96. The summed E-state index contributed by atoms with van der Waals surface area (Å²) < 4.78 is 25.1. The molecule has 0 N–H and O–H groups in total. The number of thiazole rings is 1. The summed E-state index contributed by atoms with van der Waals surface area (Å²) in [7, 11) is 3.16. The lowest BCUT2D eigenvalue weighted by Gasteiger charge is -2.25. The average molecular weight is 650 g/mol. The fraction of sp³-hybridized carbons (Fsp3) is 0.219. The molecule has 216 valence electrons. The predicted molar refractivity (Wildman–Crippen MR) is 165 cm³/mol. The maximum absolute atomic E-state index is 13.9. The van der Waals surface area contributed by atoms with Crippen molar-refractivity contribution in [3.63, 3.8) is 0 Å². The summed E-state index contributed by atoms with van der Waals surface area (Å²) in [6.45, 7) is 4.10. The fourth-order valence-corrected chi connectivity index (χ4v) is 6.34. The van der Waals surface area contributed by atoms with Gasteiger partial charge in [-0.15, -0.1) is 0 Å². The first-order valence-corrected chi connectivity index (χ1v) is 14.8. The SMILES string of the molecule is CCOC(=O)C1=C(C)N=c2s/c(=C/c3ccc(OCc4ccccc4)c(OC)c3)c(=O)n2[C@H]1c1ccc(OC)c(Br)c1. The van der Waals surface area contributed by atoms with Gasteiger partial charge < -0.3 is 18.9 Å². The number of carbonyl (C=O) groups excluding carboxylic acids is 1. The highest BCUT2D eigenvalue weighted by molar-refractivity contribution is 9.10. The van der Waals surface area contributed by atoms with E-state index in [-0.39, 0.29) is 12.2 Å². The molecule has 1 aliphatic heterocycles. The van der Waals surface area contributed by atoms with E-state index in [1.54, 1.807) is 44.8 Å². The third-order valence-electron chi connectivity index (χ3n) is 6.73. The second-order valence-corrected chi connectivity index (χ2v) is 11.2. The van der Waals surface area contributed by atoms with Gasteiger partial charge in [0.2, 0.25) is 0 Å². The Hall–Kier alpha value is -4.15. The molecule has 0 amide bonds. The molecule has 0 spiro atoms. The Labute approximate surface area is 255 Å². The summed E-state index contributed by atoms with van der Waals surface area (Å²) in [5.41, 5.74) is 3.06. The van der Waals surface area contributed by atoms with Crippen LogP contribution in [-0.4, -0.2) is 31.4 Å². The van der Waals surface area contributed by atoms with Crippen LogP contribution in [0.15, 0.2) is 92.3 Å². The Bertz CT molecular complexity index is 1840. The molecule has 0 aliphatic carbocycles. The standard InChI is InChI=1S/C32H29BrN2O6S/c1-5-40-31(37)28-19(2)34-32-35(29(28)22-12-14-24(38-3)23(33)17-22)30(36)27(42-32)16-21-11-13-25(26(15-21)39-4)41-18-20-9-7-6-8-10-20/h6-17,29H,5,18H2,1-4H3/b27-16+/t29-/m0/s1. The minimum absolute atomic E-state index is 0.200. The molecule has 5 rings (SSSR count). The first kappa shape index (κ1) is 29.3. The van der Waals surface area contributed by atoms with Crippen LogP contribution in [0.5, 0.6) is 17.2 Å². The van der Waals surface area contributed by atoms with E-state index in [4.69, 9.17) is 18.9 Å². The van der Waals surface area contributed by atoms with Crippen molar-refractivity contribution in [3.8, 4) is 17.2 Å². The average Bonchev–Trinajstić information content (AvgIpc) is 3.29. The van der Waals surface area contributed by atoms with Crippen LogP contribution in [0.25, 0.3) is 6.08 Å². The third kappa shape index (κ3) is 5.91. The van der Waals surface area contributed by atoms with Crippen LogP contribution in [0.2, 0.25) is 0 Å². The Morgan fingerprint density at radius 1 is 1.02 bits per heavy atom. The second kappa shape index (κ2) is 12.8.